The Morgan fingerprint density at radius 2 is 2.17 bits per heavy atom. The van der Waals surface area contributed by atoms with Gasteiger partial charge in [-0.15, -0.1) is 0 Å². The molecule has 0 saturated heterocycles. The van der Waals surface area contributed by atoms with Crippen LogP contribution in [0.5, 0.6) is 0 Å². The fourth-order valence-electron chi connectivity index (χ4n) is 2.71. The van der Waals surface area contributed by atoms with Gasteiger partial charge in [0.1, 0.15) is 0 Å². The summed E-state index contributed by atoms with van der Waals surface area (Å²) in [6, 6.07) is 8.60. The van der Waals surface area contributed by atoms with E-state index in [1.807, 2.05) is 0 Å². The van der Waals surface area contributed by atoms with Crippen molar-refractivity contribution in [3.05, 3.63) is 35.4 Å². The number of nitrogens with two attached hydrogens (primary N) is 1. The highest BCUT2D eigenvalue weighted by molar-refractivity contribution is 5.31. The summed E-state index contributed by atoms with van der Waals surface area (Å²) in [5.41, 5.74) is 9.08. The van der Waals surface area contributed by atoms with Crippen LogP contribution in [0.2, 0.25) is 0 Å². The number of hydrogen-bond donors (Lipinski definition) is 1. The molecule has 0 spiro atoms. The summed E-state index contributed by atoms with van der Waals surface area (Å²) >= 11 is 0. The fraction of sp³-hybridized carbons (Fsp3) is 0.625. The minimum absolute atomic E-state index is 0.163. The number of rotatable bonds is 4. The van der Waals surface area contributed by atoms with Crippen LogP contribution >= 0.6 is 0 Å². The van der Waals surface area contributed by atoms with Crippen molar-refractivity contribution < 1.29 is 4.74 Å². The van der Waals surface area contributed by atoms with Gasteiger partial charge in [0.25, 0.3) is 0 Å². The number of fused-ring (bicyclic) bond motifs is 1. The van der Waals surface area contributed by atoms with Crippen LogP contribution in [0.4, 0.5) is 0 Å². The van der Waals surface area contributed by atoms with Gasteiger partial charge in [0.2, 0.25) is 0 Å². The highest BCUT2D eigenvalue weighted by atomic mass is 16.5. The summed E-state index contributed by atoms with van der Waals surface area (Å²) in [5, 5.41) is 0. The van der Waals surface area contributed by atoms with Crippen molar-refractivity contribution in [3.63, 3.8) is 0 Å². The van der Waals surface area contributed by atoms with Gasteiger partial charge in [-0.25, -0.2) is 0 Å². The minimum Gasteiger partial charge on any atom is -0.373 e. The lowest BCUT2D eigenvalue weighted by atomic mass is 9.79. The van der Waals surface area contributed by atoms with Crippen LogP contribution in [0.25, 0.3) is 0 Å². The number of hydrogen-bond acceptors (Lipinski definition) is 2. The smallest absolute Gasteiger partial charge is 0.0845 e. The third-order valence-corrected chi connectivity index (χ3v) is 4.46. The molecule has 0 bridgehead atoms. The topological polar surface area (TPSA) is 35.2 Å². The van der Waals surface area contributed by atoms with Gasteiger partial charge in [0.15, 0.2) is 0 Å². The molecule has 1 aromatic carbocycles. The summed E-state index contributed by atoms with van der Waals surface area (Å²) in [5.74, 6) is 0.509. The second-order valence-electron chi connectivity index (χ2n) is 5.83. The van der Waals surface area contributed by atoms with E-state index < -0.39 is 0 Å². The lowest BCUT2D eigenvalue weighted by Crippen LogP contribution is -2.44. The van der Waals surface area contributed by atoms with E-state index in [9.17, 15) is 0 Å². The van der Waals surface area contributed by atoms with Crippen molar-refractivity contribution in [2.45, 2.75) is 51.7 Å². The minimum atomic E-state index is -0.163. The Labute approximate surface area is 111 Å². The Morgan fingerprint density at radius 3 is 2.89 bits per heavy atom. The number of ether oxygens (including phenoxy) is 1. The maximum Gasteiger partial charge on any atom is 0.0845 e. The average Bonchev–Trinajstić information content (AvgIpc) is 2.38. The van der Waals surface area contributed by atoms with Gasteiger partial charge in [-0.05, 0) is 36.8 Å². The molecule has 1 heterocycles. The van der Waals surface area contributed by atoms with Crippen molar-refractivity contribution in [3.8, 4) is 0 Å². The van der Waals surface area contributed by atoms with Crippen LogP contribution in [0.3, 0.4) is 0 Å². The zero-order valence-corrected chi connectivity index (χ0v) is 11.8. The largest absolute Gasteiger partial charge is 0.373 e. The average molecular weight is 247 g/mol. The molecule has 2 N–H and O–H groups in total. The SMILES string of the molecule is CCC(C)C(C)(N)CC1OCCc2ccccc21. The first kappa shape index (κ1) is 13.6. The van der Waals surface area contributed by atoms with Crippen molar-refractivity contribution in [1.82, 2.24) is 0 Å². The summed E-state index contributed by atoms with van der Waals surface area (Å²) < 4.78 is 5.95. The van der Waals surface area contributed by atoms with Crippen molar-refractivity contribution in [2.24, 2.45) is 11.7 Å². The Bertz CT molecular complexity index is 400. The molecule has 2 rings (SSSR count). The summed E-state index contributed by atoms with van der Waals surface area (Å²) in [6.45, 7) is 7.40. The molecule has 0 aromatic heterocycles. The van der Waals surface area contributed by atoms with Crippen LogP contribution in [-0.2, 0) is 11.2 Å². The molecule has 0 amide bonds. The molecular weight excluding hydrogens is 222 g/mol. The molecule has 3 unspecified atom stereocenters. The Hall–Kier alpha value is -0.860. The van der Waals surface area contributed by atoms with E-state index in [1.165, 1.54) is 11.1 Å². The third kappa shape index (κ3) is 2.76. The molecule has 1 aliphatic rings. The molecule has 1 aromatic rings. The number of benzene rings is 1. The molecule has 0 saturated carbocycles. The Balaban J connectivity index is 2.16. The van der Waals surface area contributed by atoms with Crippen LogP contribution in [0.15, 0.2) is 24.3 Å². The zero-order valence-electron chi connectivity index (χ0n) is 11.8. The van der Waals surface area contributed by atoms with E-state index in [4.69, 9.17) is 10.5 Å². The first-order valence-corrected chi connectivity index (χ1v) is 7.03. The molecule has 100 valence electrons. The van der Waals surface area contributed by atoms with Crippen LogP contribution < -0.4 is 5.73 Å². The molecule has 0 fully saturated rings. The molecule has 18 heavy (non-hydrogen) atoms. The Kier molecular flexibility index (Phi) is 4.08. The van der Waals surface area contributed by atoms with Crippen LogP contribution in [-0.4, -0.2) is 12.1 Å². The molecular formula is C16H25NO. The van der Waals surface area contributed by atoms with E-state index in [0.717, 1.165) is 25.9 Å². The molecule has 3 atom stereocenters. The van der Waals surface area contributed by atoms with E-state index in [1.54, 1.807) is 0 Å². The summed E-state index contributed by atoms with van der Waals surface area (Å²) in [6.07, 6.45) is 3.21. The van der Waals surface area contributed by atoms with Gasteiger partial charge in [0.05, 0.1) is 12.7 Å². The maximum absolute atomic E-state index is 6.48. The van der Waals surface area contributed by atoms with E-state index in [2.05, 4.69) is 45.0 Å². The molecule has 0 aliphatic carbocycles. The predicted octanol–water partition coefficient (Wildman–Crippen LogP) is 3.45. The summed E-state index contributed by atoms with van der Waals surface area (Å²) in [4.78, 5) is 0. The maximum atomic E-state index is 6.48. The second-order valence-corrected chi connectivity index (χ2v) is 5.83. The molecule has 2 heteroatoms. The van der Waals surface area contributed by atoms with Gasteiger partial charge in [-0.2, -0.15) is 0 Å². The van der Waals surface area contributed by atoms with E-state index in [-0.39, 0.29) is 11.6 Å². The van der Waals surface area contributed by atoms with Gasteiger partial charge in [0, 0.05) is 5.54 Å². The normalized spacial score (nSPS) is 24.1. The van der Waals surface area contributed by atoms with Crippen molar-refractivity contribution >= 4 is 0 Å². The standard InChI is InChI=1S/C16H25NO/c1-4-12(2)16(3,17)11-15-14-8-6-5-7-13(14)9-10-18-15/h5-8,12,15H,4,9-11,17H2,1-3H3. The predicted molar refractivity (Wildman–Crippen MR) is 75.5 cm³/mol. The molecule has 0 radical (unpaired) electrons. The third-order valence-electron chi connectivity index (χ3n) is 4.46. The summed E-state index contributed by atoms with van der Waals surface area (Å²) in [7, 11) is 0. The quantitative estimate of drug-likeness (QED) is 0.884. The van der Waals surface area contributed by atoms with Gasteiger partial charge in [-0.3, -0.25) is 0 Å². The molecule has 2 nitrogen and oxygen atoms in total. The second kappa shape index (κ2) is 5.41. The first-order chi connectivity index (χ1) is 8.54. The Morgan fingerprint density at radius 1 is 1.44 bits per heavy atom. The first-order valence-electron chi connectivity index (χ1n) is 7.03. The monoisotopic (exact) mass is 247 g/mol. The highest BCUT2D eigenvalue weighted by Gasteiger charge is 2.32. The van der Waals surface area contributed by atoms with E-state index >= 15 is 0 Å². The van der Waals surface area contributed by atoms with Crippen LogP contribution in [0, 0.1) is 5.92 Å². The van der Waals surface area contributed by atoms with Gasteiger partial charge < -0.3 is 10.5 Å². The lowest BCUT2D eigenvalue weighted by molar-refractivity contribution is 0.0156. The van der Waals surface area contributed by atoms with Crippen molar-refractivity contribution in [2.75, 3.05) is 6.61 Å². The fourth-order valence-corrected chi connectivity index (χ4v) is 2.71. The van der Waals surface area contributed by atoms with Gasteiger partial charge in [-0.1, -0.05) is 44.5 Å². The highest BCUT2D eigenvalue weighted by Crippen LogP contribution is 2.35. The molecule has 1 aliphatic heterocycles. The van der Waals surface area contributed by atoms with Crippen LogP contribution in [0.1, 0.15) is 50.8 Å². The van der Waals surface area contributed by atoms with E-state index in [0.29, 0.717) is 5.92 Å². The van der Waals surface area contributed by atoms with Gasteiger partial charge >= 0.3 is 0 Å². The lowest BCUT2D eigenvalue weighted by Gasteiger charge is -2.36. The van der Waals surface area contributed by atoms with Crippen molar-refractivity contribution in [1.29, 1.82) is 0 Å². The zero-order chi connectivity index (χ0) is 13.2.